The van der Waals surface area contributed by atoms with Crippen molar-refractivity contribution in [2.24, 2.45) is 0 Å². The van der Waals surface area contributed by atoms with E-state index < -0.39 is 0 Å². The van der Waals surface area contributed by atoms with Gasteiger partial charge in [-0.05, 0) is 48.9 Å². The highest BCUT2D eigenvalue weighted by Crippen LogP contribution is 2.29. The molecule has 0 spiro atoms. The van der Waals surface area contributed by atoms with Crippen LogP contribution in [0.15, 0.2) is 83.3 Å². The van der Waals surface area contributed by atoms with Crippen LogP contribution in [0.2, 0.25) is 0 Å². The molecule has 4 rings (SSSR count). The molecule has 1 aromatic heterocycles. The molecule has 2 N–H and O–H groups in total. The molecule has 1 heterocycles. The van der Waals surface area contributed by atoms with E-state index in [4.69, 9.17) is 9.15 Å². The Balaban J connectivity index is 1.35. The monoisotopic (exact) mass is 487 g/mol. The number of anilines is 1. The van der Waals surface area contributed by atoms with Gasteiger partial charge in [0.15, 0.2) is 0 Å². The lowest BCUT2D eigenvalue weighted by atomic mass is 10.1. The number of halogens is 1. The van der Waals surface area contributed by atoms with E-state index in [1.807, 2.05) is 42.5 Å². The predicted molar refractivity (Wildman–Crippen MR) is 134 cm³/mol. The van der Waals surface area contributed by atoms with Gasteiger partial charge in [-0.25, -0.2) is 9.37 Å². The fourth-order valence-corrected chi connectivity index (χ4v) is 3.51. The standard InChI is InChI=1S/C28H26FN3O4/c1-19-25(18-30-27(34)17-20-11-13-21(29)14-12-20)32-28(36-19)23-9-5-6-10-24(23)31-26(33)15-16-35-22-7-3-2-4-8-22/h2-14H,15-18H2,1H3,(H,30,34)(H,31,33). The van der Waals surface area contributed by atoms with E-state index in [1.54, 1.807) is 31.2 Å². The third-order valence-electron chi connectivity index (χ3n) is 5.40. The minimum atomic E-state index is -0.345. The number of hydrogen-bond acceptors (Lipinski definition) is 5. The molecule has 0 bridgehead atoms. The van der Waals surface area contributed by atoms with Gasteiger partial charge in [-0.1, -0.05) is 42.5 Å². The summed E-state index contributed by atoms with van der Waals surface area (Å²) in [5.41, 5.74) is 2.48. The molecule has 0 aliphatic rings. The van der Waals surface area contributed by atoms with Crippen molar-refractivity contribution in [2.75, 3.05) is 11.9 Å². The molecule has 0 aliphatic carbocycles. The maximum atomic E-state index is 13.0. The van der Waals surface area contributed by atoms with Crippen LogP contribution in [0.1, 0.15) is 23.4 Å². The van der Waals surface area contributed by atoms with E-state index in [9.17, 15) is 14.0 Å². The maximum absolute atomic E-state index is 13.0. The van der Waals surface area contributed by atoms with E-state index in [-0.39, 0.29) is 43.6 Å². The Morgan fingerprint density at radius 3 is 2.44 bits per heavy atom. The van der Waals surface area contributed by atoms with E-state index >= 15 is 0 Å². The Bertz CT molecular complexity index is 1320. The smallest absolute Gasteiger partial charge is 0.228 e. The first-order chi connectivity index (χ1) is 17.5. The average molecular weight is 488 g/mol. The molecule has 4 aromatic rings. The average Bonchev–Trinajstić information content (AvgIpc) is 3.25. The van der Waals surface area contributed by atoms with Gasteiger partial charge in [0.1, 0.15) is 23.0 Å². The lowest BCUT2D eigenvalue weighted by Crippen LogP contribution is -2.25. The molecule has 0 saturated heterocycles. The van der Waals surface area contributed by atoms with Crippen LogP contribution in [-0.4, -0.2) is 23.4 Å². The highest BCUT2D eigenvalue weighted by Gasteiger charge is 2.16. The van der Waals surface area contributed by atoms with E-state index in [0.717, 1.165) is 0 Å². The first kappa shape index (κ1) is 24.7. The minimum Gasteiger partial charge on any atom is -0.493 e. The molecule has 36 heavy (non-hydrogen) atoms. The molecular weight excluding hydrogens is 461 g/mol. The summed E-state index contributed by atoms with van der Waals surface area (Å²) in [7, 11) is 0. The number of hydrogen-bond donors (Lipinski definition) is 2. The van der Waals surface area contributed by atoms with Crippen LogP contribution in [-0.2, 0) is 22.6 Å². The zero-order valence-corrected chi connectivity index (χ0v) is 19.8. The van der Waals surface area contributed by atoms with Crippen LogP contribution in [0.4, 0.5) is 10.1 Å². The predicted octanol–water partition coefficient (Wildman–Crippen LogP) is 5.06. The lowest BCUT2D eigenvalue weighted by molar-refractivity contribution is -0.120. The van der Waals surface area contributed by atoms with Crippen molar-refractivity contribution in [1.82, 2.24) is 10.3 Å². The molecule has 0 atom stereocenters. The third-order valence-corrected chi connectivity index (χ3v) is 5.40. The zero-order valence-electron chi connectivity index (χ0n) is 19.8. The van der Waals surface area contributed by atoms with Crippen LogP contribution in [0.3, 0.4) is 0 Å². The van der Waals surface area contributed by atoms with Gasteiger partial charge in [-0.2, -0.15) is 0 Å². The van der Waals surface area contributed by atoms with E-state index in [2.05, 4.69) is 15.6 Å². The van der Waals surface area contributed by atoms with Crippen LogP contribution in [0.25, 0.3) is 11.5 Å². The molecule has 2 amide bonds. The number of nitrogens with zero attached hydrogens (tertiary/aromatic N) is 1. The highest BCUT2D eigenvalue weighted by atomic mass is 19.1. The molecular formula is C28H26FN3O4. The molecule has 0 aliphatic heterocycles. The number of benzene rings is 3. The van der Waals surface area contributed by atoms with Crippen molar-refractivity contribution in [3.05, 3.63) is 102 Å². The number of aromatic nitrogens is 1. The summed E-state index contributed by atoms with van der Waals surface area (Å²) in [5, 5.41) is 5.70. The Morgan fingerprint density at radius 1 is 0.944 bits per heavy atom. The quantitative estimate of drug-likeness (QED) is 0.326. The summed E-state index contributed by atoms with van der Waals surface area (Å²) < 4.78 is 24.5. The second kappa shape index (κ2) is 11.8. The lowest BCUT2D eigenvalue weighted by Gasteiger charge is -2.09. The molecule has 7 nitrogen and oxygen atoms in total. The van der Waals surface area contributed by atoms with Gasteiger partial charge in [-0.3, -0.25) is 9.59 Å². The van der Waals surface area contributed by atoms with Gasteiger partial charge in [-0.15, -0.1) is 0 Å². The molecule has 8 heteroatoms. The number of oxazole rings is 1. The van der Waals surface area contributed by atoms with Crippen LogP contribution < -0.4 is 15.4 Å². The summed E-state index contributed by atoms with van der Waals surface area (Å²) in [4.78, 5) is 29.3. The normalized spacial score (nSPS) is 10.6. The number of carbonyl (C=O) groups excluding carboxylic acids is 2. The Labute approximate surface area is 208 Å². The van der Waals surface area contributed by atoms with Gasteiger partial charge in [0.25, 0.3) is 0 Å². The molecule has 184 valence electrons. The summed E-state index contributed by atoms with van der Waals surface area (Å²) in [5.74, 6) is 0.849. The summed E-state index contributed by atoms with van der Waals surface area (Å²) in [6, 6.07) is 22.3. The number of para-hydroxylation sites is 2. The molecule has 0 fully saturated rings. The Morgan fingerprint density at radius 2 is 1.67 bits per heavy atom. The number of rotatable bonds is 10. The summed E-state index contributed by atoms with van der Waals surface area (Å²) in [6.45, 7) is 2.19. The van der Waals surface area contributed by atoms with E-state index in [0.29, 0.717) is 39.9 Å². The summed E-state index contributed by atoms with van der Waals surface area (Å²) >= 11 is 0. The topological polar surface area (TPSA) is 93.5 Å². The molecule has 0 saturated carbocycles. The van der Waals surface area contributed by atoms with Crippen LogP contribution in [0.5, 0.6) is 5.75 Å². The van der Waals surface area contributed by atoms with Gasteiger partial charge in [0, 0.05) is 0 Å². The van der Waals surface area contributed by atoms with Gasteiger partial charge in [0.05, 0.1) is 37.2 Å². The third kappa shape index (κ3) is 6.79. The van der Waals surface area contributed by atoms with Gasteiger partial charge in [0.2, 0.25) is 17.7 Å². The second-order valence-corrected chi connectivity index (χ2v) is 8.11. The van der Waals surface area contributed by atoms with Gasteiger partial charge >= 0.3 is 0 Å². The number of nitrogens with one attached hydrogen (secondary N) is 2. The number of carbonyl (C=O) groups is 2. The second-order valence-electron chi connectivity index (χ2n) is 8.11. The Kier molecular flexibility index (Phi) is 8.08. The number of aryl methyl sites for hydroxylation is 1. The van der Waals surface area contributed by atoms with Crippen LogP contribution >= 0.6 is 0 Å². The van der Waals surface area contributed by atoms with Crippen molar-refractivity contribution >= 4 is 17.5 Å². The Hall–Kier alpha value is -4.46. The van der Waals surface area contributed by atoms with Crippen molar-refractivity contribution in [1.29, 1.82) is 0 Å². The summed E-state index contributed by atoms with van der Waals surface area (Å²) in [6.07, 6.45) is 0.312. The SMILES string of the molecule is Cc1oc(-c2ccccc2NC(=O)CCOc2ccccc2)nc1CNC(=O)Cc1ccc(F)cc1. The van der Waals surface area contributed by atoms with Crippen molar-refractivity contribution in [3.63, 3.8) is 0 Å². The van der Waals surface area contributed by atoms with Crippen molar-refractivity contribution in [3.8, 4) is 17.2 Å². The molecule has 3 aromatic carbocycles. The largest absolute Gasteiger partial charge is 0.493 e. The van der Waals surface area contributed by atoms with Crippen LogP contribution in [0, 0.1) is 12.7 Å². The van der Waals surface area contributed by atoms with Crippen molar-refractivity contribution in [2.45, 2.75) is 26.3 Å². The first-order valence-corrected chi connectivity index (χ1v) is 11.5. The van der Waals surface area contributed by atoms with Gasteiger partial charge < -0.3 is 19.8 Å². The molecule has 0 unspecified atom stereocenters. The zero-order chi connectivity index (χ0) is 25.3. The van der Waals surface area contributed by atoms with Crippen molar-refractivity contribution < 1.29 is 23.1 Å². The number of amides is 2. The highest BCUT2D eigenvalue weighted by molar-refractivity contribution is 5.94. The van der Waals surface area contributed by atoms with E-state index in [1.165, 1.54) is 12.1 Å². The molecule has 0 radical (unpaired) electrons. The number of ether oxygens (including phenoxy) is 1. The fourth-order valence-electron chi connectivity index (χ4n) is 3.51. The maximum Gasteiger partial charge on any atom is 0.228 e. The minimum absolute atomic E-state index is 0.132. The fraction of sp³-hybridized carbons (Fsp3) is 0.179. The first-order valence-electron chi connectivity index (χ1n) is 11.5.